The average molecular weight is 1210 g/mol. The standard InChI is InChI=1S/C58H53BN3O.C13H11FN.Ir/c1-55(2,3)34-23-25-47-41(29-34)58(10,11)42-30-36(57(7,8)9)32-44-53(42)61(47)48-27-33(28-50-51(48)59(44)43-31-35(56(4,5)6)24-26-49(43)63-50)37-20-16-21-45-52(37)62-46-22-15-14-18-39(46)38-17-12-13-19-40(38)54(62)60-45;1-9-7-13(15-8-10(9)2)11-3-5-12(14)6-4-11;/h12-18,20-32H,1-11H3;3,5-8H,1-2H3;/q2*-1;. The molecule has 6 heterocycles. The minimum atomic E-state index is -0.275. The zero-order valence-electron chi connectivity index (χ0n) is 47.4. The number of hydrogen-bond donors (Lipinski definition) is 0. The maximum atomic E-state index is 12.7. The van der Waals surface area contributed by atoms with Gasteiger partial charge < -0.3 is 19.0 Å². The van der Waals surface area contributed by atoms with Gasteiger partial charge in [0.25, 0.3) is 6.71 Å². The number of benzene rings is 8. The molecule has 0 amide bonds. The number of anilines is 3. The molecule has 5 nitrogen and oxygen atoms in total. The summed E-state index contributed by atoms with van der Waals surface area (Å²) in [6, 6.07) is 58.4. The predicted octanol–water partition coefficient (Wildman–Crippen LogP) is 16.5. The summed E-state index contributed by atoms with van der Waals surface area (Å²) >= 11 is 0. The molecule has 0 atom stereocenters. The fourth-order valence-corrected chi connectivity index (χ4v) is 12.3. The average Bonchev–Trinajstić information content (AvgIpc) is 3.74. The second-order valence-electron chi connectivity index (χ2n) is 25.6. The van der Waals surface area contributed by atoms with E-state index in [1.807, 2.05) is 32.2 Å². The molecule has 0 unspecified atom stereocenters. The third-order valence-corrected chi connectivity index (χ3v) is 17.0. The molecule has 11 aromatic rings. The van der Waals surface area contributed by atoms with Gasteiger partial charge in [-0.3, -0.25) is 9.37 Å². The largest absolute Gasteiger partial charge is 0.458 e. The number of aryl methyl sites for hydroxylation is 2. The van der Waals surface area contributed by atoms with E-state index in [0.717, 1.165) is 72.4 Å². The van der Waals surface area contributed by atoms with Crippen LogP contribution in [0.25, 0.3) is 60.7 Å². The second kappa shape index (κ2) is 18.3. The number of nitrogens with zero attached hydrogens (tertiary/aromatic N) is 4. The molecule has 0 bridgehead atoms. The topological polar surface area (TPSA) is 42.7 Å². The number of pyridine rings is 2. The van der Waals surface area contributed by atoms with E-state index in [2.05, 4.69) is 218 Å². The Morgan fingerprint density at radius 1 is 0.633 bits per heavy atom. The van der Waals surface area contributed by atoms with Crippen molar-refractivity contribution in [3.8, 4) is 33.9 Å². The molecule has 0 N–H and O–H groups in total. The van der Waals surface area contributed by atoms with Gasteiger partial charge in [-0.2, -0.15) is 0 Å². The molecule has 0 fully saturated rings. The van der Waals surface area contributed by atoms with Crippen molar-refractivity contribution in [1.82, 2.24) is 14.4 Å². The number of ether oxygens (including phenoxy) is 1. The summed E-state index contributed by atoms with van der Waals surface area (Å²) in [5.41, 5.74) is 24.2. The van der Waals surface area contributed by atoms with E-state index in [0.29, 0.717) is 0 Å². The molecular weight excluding hydrogens is 1150 g/mol. The Kier molecular flexibility index (Phi) is 12.1. The molecule has 395 valence electrons. The Morgan fingerprint density at radius 2 is 1.34 bits per heavy atom. The number of aromatic nitrogens is 3. The van der Waals surface area contributed by atoms with Crippen molar-refractivity contribution in [2.75, 3.05) is 4.90 Å². The third-order valence-electron chi connectivity index (χ3n) is 17.0. The monoisotopic (exact) mass is 1210 g/mol. The summed E-state index contributed by atoms with van der Waals surface area (Å²) < 4.78 is 22.3. The molecule has 3 aromatic heterocycles. The normalized spacial score (nSPS) is 14.0. The van der Waals surface area contributed by atoms with Crippen molar-refractivity contribution < 1.29 is 29.2 Å². The van der Waals surface area contributed by atoms with Crippen LogP contribution in [0.5, 0.6) is 11.5 Å². The fraction of sp³-hybridized carbons (Fsp3) is 0.239. The first-order valence-corrected chi connectivity index (χ1v) is 27.4. The molecule has 14 rings (SSSR count). The minimum absolute atomic E-state index is 0. The van der Waals surface area contributed by atoms with Crippen LogP contribution in [0.1, 0.15) is 115 Å². The van der Waals surface area contributed by atoms with E-state index in [9.17, 15) is 4.39 Å². The summed E-state index contributed by atoms with van der Waals surface area (Å²) in [5, 5.41) is 3.37. The molecule has 8 aromatic carbocycles. The van der Waals surface area contributed by atoms with Crippen LogP contribution in [0.2, 0.25) is 0 Å². The van der Waals surface area contributed by atoms with Crippen LogP contribution >= 0.6 is 0 Å². The zero-order chi connectivity index (χ0) is 54.5. The Morgan fingerprint density at radius 3 is 2.08 bits per heavy atom. The summed E-state index contributed by atoms with van der Waals surface area (Å²) in [7, 11) is 0. The van der Waals surface area contributed by atoms with Gasteiger partial charge in [0.15, 0.2) is 0 Å². The number of halogens is 1. The van der Waals surface area contributed by atoms with Crippen LogP contribution in [-0.2, 0) is 41.8 Å². The van der Waals surface area contributed by atoms with Crippen molar-refractivity contribution >= 4 is 78.5 Å². The quantitative estimate of drug-likeness (QED) is 0.0983. The summed E-state index contributed by atoms with van der Waals surface area (Å²) in [5.74, 6) is 1.56. The van der Waals surface area contributed by atoms with Gasteiger partial charge in [0, 0.05) is 60.0 Å². The molecule has 0 saturated heterocycles. The molecular formula is C71H64BFIrN4O-2. The number of hydrogen-bond acceptors (Lipinski definition) is 4. The van der Waals surface area contributed by atoms with Crippen LogP contribution in [0.15, 0.2) is 152 Å². The fourth-order valence-electron chi connectivity index (χ4n) is 12.3. The van der Waals surface area contributed by atoms with Crippen LogP contribution in [0.4, 0.5) is 21.5 Å². The number of para-hydroxylation sites is 2. The Balaban J connectivity index is 0.000000337. The molecule has 3 aliphatic rings. The first-order valence-electron chi connectivity index (χ1n) is 27.4. The molecule has 3 aliphatic heterocycles. The summed E-state index contributed by atoms with van der Waals surface area (Å²) in [6.45, 7) is 29.9. The maximum Gasteiger partial charge on any atom is 0.256 e. The van der Waals surface area contributed by atoms with Gasteiger partial charge in [-0.05, 0) is 133 Å². The first-order chi connectivity index (χ1) is 37.1. The Hall–Kier alpha value is -7.38. The van der Waals surface area contributed by atoms with Gasteiger partial charge in [-0.15, -0.1) is 59.5 Å². The van der Waals surface area contributed by atoms with Gasteiger partial charge in [-0.1, -0.05) is 160 Å². The van der Waals surface area contributed by atoms with Gasteiger partial charge in [0.1, 0.15) is 11.5 Å². The molecule has 0 spiro atoms. The van der Waals surface area contributed by atoms with Crippen molar-refractivity contribution in [2.24, 2.45) is 0 Å². The smallest absolute Gasteiger partial charge is 0.256 e. The maximum absolute atomic E-state index is 12.7. The molecule has 0 saturated carbocycles. The van der Waals surface area contributed by atoms with E-state index < -0.39 is 0 Å². The Labute approximate surface area is 478 Å². The number of imidazole rings is 1. The van der Waals surface area contributed by atoms with E-state index >= 15 is 0 Å². The number of rotatable bonds is 2. The third kappa shape index (κ3) is 8.35. The van der Waals surface area contributed by atoms with Crippen molar-refractivity contribution in [3.63, 3.8) is 0 Å². The summed E-state index contributed by atoms with van der Waals surface area (Å²) in [6.07, 6.45) is 1.82. The predicted molar refractivity (Wildman–Crippen MR) is 324 cm³/mol. The van der Waals surface area contributed by atoms with Crippen LogP contribution in [0, 0.1) is 31.8 Å². The molecule has 0 aliphatic carbocycles. The van der Waals surface area contributed by atoms with Crippen LogP contribution in [0.3, 0.4) is 0 Å². The molecule has 79 heavy (non-hydrogen) atoms. The van der Waals surface area contributed by atoms with Crippen molar-refractivity contribution in [3.05, 3.63) is 209 Å². The van der Waals surface area contributed by atoms with Gasteiger partial charge in [-0.25, -0.2) is 0 Å². The van der Waals surface area contributed by atoms with Crippen molar-refractivity contribution in [2.45, 2.75) is 112 Å². The van der Waals surface area contributed by atoms with Crippen LogP contribution < -0.4 is 26.0 Å². The van der Waals surface area contributed by atoms with E-state index in [1.165, 1.54) is 84.4 Å². The second-order valence-corrected chi connectivity index (χ2v) is 25.6. The van der Waals surface area contributed by atoms with E-state index in [4.69, 9.17) is 9.72 Å². The van der Waals surface area contributed by atoms with Crippen LogP contribution in [-0.4, -0.2) is 21.1 Å². The first kappa shape index (κ1) is 52.3. The molecule has 8 heteroatoms. The molecule has 1 radical (unpaired) electrons. The SMILES string of the molecule is CC(C)(C)c1ccc2c(c1)B1c3cc(C(C)(C)C)cc4c3N(c3ccc(C(C)(C)C)cc3C4(C)C)c3cc(-c4cccc5nc6c7[c-]cccc7c7ccccc7n6c45)cc(c31)O2.Cc1cnc(-c2[c-]cc(F)cc2)cc1C.[Ir]. The van der Waals surface area contributed by atoms with Gasteiger partial charge in [0.05, 0.1) is 22.4 Å². The van der Waals surface area contributed by atoms with E-state index in [1.54, 1.807) is 6.07 Å². The van der Waals surface area contributed by atoms with E-state index in [-0.39, 0.29) is 54.3 Å². The minimum Gasteiger partial charge on any atom is -0.458 e. The summed E-state index contributed by atoms with van der Waals surface area (Å²) in [4.78, 5) is 12.3. The Bertz CT molecular complexity index is 4330. The van der Waals surface area contributed by atoms with Crippen molar-refractivity contribution in [1.29, 1.82) is 0 Å². The van der Waals surface area contributed by atoms with Gasteiger partial charge in [0.2, 0.25) is 0 Å². The number of fused-ring (bicyclic) bond motifs is 14. The van der Waals surface area contributed by atoms with Gasteiger partial charge >= 0.3 is 0 Å². The zero-order valence-corrected chi connectivity index (χ0v) is 49.8.